The summed E-state index contributed by atoms with van der Waals surface area (Å²) in [6.07, 6.45) is 2.48. The van der Waals surface area contributed by atoms with E-state index < -0.39 is 0 Å². The van der Waals surface area contributed by atoms with Crippen LogP contribution in [0.5, 0.6) is 0 Å². The first-order valence-corrected chi connectivity index (χ1v) is 11.0. The lowest BCUT2D eigenvalue weighted by Crippen LogP contribution is -2.32. The highest BCUT2D eigenvalue weighted by Crippen LogP contribution is 2.35. The highest BCUT2D eigenvalue weighted by molar-refractivity contribution is 7.13. The minimum absolute atomic E-state index is 0.0958. The molecule has 1 aromatic carbocycles. The molecule has 1 amide bonds. The lowest BCUT2D eigenvalue weighted by atomic mass is 10.2. The van der Waals surface area contributed by atoms with Crippen LogP contribution < -0.4 is 5.32 Å². The Balaban J connectivity index is 1.81. The fraction of sp³-hybridized carbons (Fsp3) is 0.217. The molecule has 0 spiro atoms. The van der Waals surface area contributed by atoms with Gasteiger partial charge in [-0.3, -0.25) is 9.36 Å². The van der Waals surface area contributed by atoms with Crippen molar-refractivity contribution >= 4 is 28.8 Å². The van der Waals surface area contributed by atoms with E-state index in [1.807, 2.05) is 73.2 Å². The number of carbonyl (C=O) groups excluding carboxylic acids is 1. The summed E-state index contributed by atoms with van der Waals surface area (Å²) in [7, 11) is 0. The average molecular weight is 440 g/mol. The van der Waals surface area contributed by atoms with E-state index in [4.69, 9.17) is 21.0 Å². The monoisotopic (exact) mass is 439 g/mol. The number of aromatic nitrogens is 2. The third-order valence-corrected chi connectivity index (χ3v) is 6.28. The van der Waals surface area contributed by atoms with Gasteiger partial charge in [-0.1, -0.05) is 36.7 Å². The Bertz CT molecular complexity index is 1180. The summed E-state index contributed by atoms with van der Waals surface area (Å²) in [4.78, 5) is 17.7. The van der Waals surface area contributed by atoms with Crippen molar-refractivity contribution in [2.45, 2.75) is 33.2 Å². The second-order valence-corrected chi connectivity index (χ2v) is 8.38. The van der Waals surface area contributed by atoms with Gasteiger partial charge in [0, 0.05) is 28.7 Å². The van der Waals surface area contributed by atoms with Gasteiger partial charge in [-0.25, -0.2) is 4.98 Å². The van der Waals surface area contributed by atoms with Crippen molar-refractivity contribution in [2.75, 3.05) is 0 Å². The fourth-order valence-corrected chi connectivity index (χ4v) is 4.39. The number of hydrogen-bond acceptors (Lipinski definition) is 4. The van der Waals surface area contributed by atoms with Crippen LogP contribution in [0, 0.1) is 6.92 Å². The maximum atomic E-state index is 12.9. The quantitative estimate of drug-likeness (QED) is 0.380. The molecule has 0 saturated heterocycles. The molecule has 1 unspecified atom stereocenters. The van der Waals surface area contributed by atoms with Crippen LogP contribution in [0.4, 0.5) is 0 Å². The first-order valence-electron chi connectivity index (χ1n) is 9.77. The van der Waals surface area contributed by atoms with Gasteiger partial charge in [-0.2, -0.15) is 0 Å². The van der Waals surface area contributed by atoms with Crippen molar-refractivity contribution in [2.24, 2.45) is 0 Å². The molecule has 5 nitrogen and oxygen atoms in total. The molecule has 0 saturated carbocycles. The number of furan rings is 1. The van der Waals surface area contributed by atoms with Crippen LogP contribution in [-0.2, 0) is 0 Å². The Labute approximate surface area is 184 Å². The number of hydrogen-bond donors (Lipinski definition) is 1. The summed E-state index contributed by atoms with van der Waals surface area (Å²) < 4.78 is 7.58. The van der Waals surface area contributed by atoms with E-state index in [2.05, 4.69) is 5.32 Å². The molecule has 154 valence electrons. The molecule has 0 radical (unpaired) electrons. The van der Waals surface area contributed by atoms with Crippen LogP contribution in [-0.4, -0.2) is 21.5 Å². The highest BCUT2D eigenvalue weighted by atomic mass is 35.5. The van der Waals surface area contributed by atoms with Gasteiger partial charge in [-0.05, 0) is 38.5 Å². The molecule has 0 bridgehead atoms. The number of amides is 1. The van der Waals surface area contributed by atoms with E-state index in [-0.39, 0.29) is 11.9 Å². The number of rotatable bonds is 6. The summed E-state index contributed by atoms with van der Waals surface area (Å²) in [6.45, 7) is 5.95. The zero-order chi connectivity index (χ0) is 21.3. The molecular weight excluding hydrogens is 418 g/mol. The van der Waals surface area contributed by atoms with E-state index in [1.165, 1.54) is 11.3 Å². The Hall–Kier alpha value is -2.83. The number of nitrogens with one attached hydrogen (secondary N) is 1. The molecule has 0 fully saturated rings. The van der Waals surface area contributed by atoms with Gasteiger partial charge in [-0.15, -0.1) is 11.3 Å². The predicted octanol–water partition coefficient (Wildman–Crippen LogP) is 6.35. The van der Waals surface area contributed by atoms with Crippen LogP contribution in [0.25, 0.3) is 27.8 Å². The van der Waals surface area contributed by atoms with E-state index in [9.17, 15) is 4.79 Å². The van der Waals surface area contributed by atoms with Crippen molar-refractivity contribution in [1.82, 2.24) is 14.9 Å². The summed E-state index contributed by atoms with van der Waals surface area (Å²) in [6, 6.07) is 13.3. The molecule has 0 aliphatic carbocycles. The third kappa shape index (κ3) is 3.80. The fourth-order valence-electron chi connectivity index (χ4n) is 3.26. The van der Waals surface area contributed by atoms with Gasteiger partial charge in [0.25, 0.3) is 5.91 Å². The zero-order valence-corrected chi connectivity index (χ0v) is 18.6. The number of benzene rings is 1. The Morgan fingerprint density at radius 3 is 2.80 bits per heavy atom. The smallest absolute Gasteiger partial charge is 0.253 e. The van der Waals surface area contributed by atoms with E-state index in [1.54, 1.807) is 6.26 Å². The second kappa shape index (κ2) is 8.50. The summed E-state index contributed by atoms with van der Waals surface area (Å²) in [5.41, 5.74) is 3.85. The molecule has 7 heteroatoms. The standard InChI is InChI=1S/C23H22ClN3O2S/c1-4-14(2)25-22(28)17-12-20(27(15(17)3)21-10-7-11-29-21)19-13-30-23(26-19)16-8-5-6-9-18(16)24/h5-14H,4H2,1-3H3,(H,25,28). The highest BCUT2D eigenvalue weighted by Gasteiger charge is 2.23. The molecule has 0 aliphatic rings. The van der Waals surface area contributed by atoms with Crippen molar-refractivity contribution in [3.8, 4) is 27.8 Å². The molecule has 4 aromatic rings. The minimum Gasteiger partial charge on any atom is -0.448 e. The number of thiazole rings is 1. The van der Waals surface area contributed by atoms with Crippen LogP contribution in [0.1, 0.15) is 36.3 Å². The maximum absolute atomic E-state index is 12.9. The third-order valence-electron chi connectivity index (χ3n) is 5.08. The lowest BCUT2D eigenvalue weighted by molar-refractivity contribution is 0.0938. The summed E-state index contributed by atoms with van der Waals surface area (Å²) in [5.74, 6) is 0.535. The van der Waals surface area contributed by atoms with Crippen LogP contribution in [0.15, 0.2) is 58.5 Å². The van der Waals surface area contributed by atoms with Gasteiger partial charge in [0.05, 0.1) is 28.2 Å². The average Bonchev–Trinajstić information content (AvgIpc) is 3.47. The number of nitrogens with zero attached hydrogens (tertiary/aromatic N) is 2. The summed E-state index contributed by atoms with van der Waals surface area (Å²) in [5, 5.41) is 6.50. The van der Waals surface area contributed by atoms with Gasteiger partial charge >= 0.3 is 0 Å². The van der Waals surface area contributed by atoms with E-state index >= 15 is 0 Å². The molecule has 0 aliphatic heterocycles. The molecular formula is C23H22ClN3O2S. The lowest BCUT2D eigenvalue weighted by Gasteiger charge is -2.11. The van der Waals surface area contributed by atoms with Crippen LogP contribution >= 0.6 is 22.9 Å². The topological polar surface area (TPSA) is 60.1 Å². The van der Waals surface area contributed by atoms with Gasteiger partial charge < -0.3 is 9.73 Å². The Kier molecular flexibility index (Phi) is 5.79. The molecule has 1 N–H and O–H groups in total. The maximum Gasteiger partial charge on any atom is 0.253 e. The number of halogens is 1. The summed E-state index contributed by atoms with van der Waals surface area (Å²) >= 11 is 7.87. The SMILES string of the molecule is CCC(C)NC(=O)c1cc(-c2csc(-c3ccccc3Cl)n2)n(-c2ccco2)c1C. The Morgan fingerprint density at radius 2 is 2.10 bits per heavy atom. The van der Waals surface area contributed by atoms with E-state index in [0.717, 1.165) is 34.1 Å². The molecule has 3 aromatic heterocycles. The van der Waals surface area contributed by atoms with Crippen molar-refractivity contribution in [3.05, 3.63) is 70.4 Å². The largest absolute Gasteiger partial charge is 0.448 e. The molecule has 3 heterocycles. The van der Waals surface area contributed by atoms with Crippen LogP contribution in [0.3, 0.4) is 0 Å². The van der Waals surface area contributed by atoms with Gasteiger partial charge in [0.15, 0.2) is 0 Å². The van der Waals surface area contributed by atoms with Crippen molar-refractivity contribution < 1.29 is 9.21 Å². The minimum atomic E-state index is -0.102. The zero-order valence-electron chi connectivity index (χ0n) is 17.0. The molecule has 30 heavy (non-hydrogen) atoms. The first-order chi connectivity index (χ1) is 14.5. The van der Waals surface area contributed by atoms with Crippen molar-refractivity contribution in [1.29, 1.82) is 0 Å². The second-order valence-electron chi connectivity index (χ2n) is 7.12. The van der Waals surface area contributed by atoms with E-state index in [0.29, 0.717) is 16.5 Å². The first kappa shape index (κ1) is 20.4. The van der Waals surface area contributed by atoms with Crippen molar-refractivity contribution in [3.63, 3.8) is 0 Å². The molecule has 1 atom stereocenters. The molecule has 4 rings (SSSR count). The van der Waals surface area contributed by atoms with Crippen LogP contribution in [0.2, 0.25) is 5.02 Å². The van der Waals surface area contributed by atoms with Gasteiger partial charge in [0.1, 0.15) is 5.01 Å². The normalized spacial score (nSPS) is 12.1. The number of carbonyl (C=O) groups is 1. The Morgan fingerprint density at radius 1 is 1.30 bits per heavy atom. The predicted molar refractivity (Wildman–Crippen MR) is 122 cm³/mol. The van der Waals surface area contributed by atoms with Gasteiger partial charge in [0.2, 0.25) is 5.88 Å².